The predicted molar refractivity (Wildman–Crippen MR) is 157 cm³/mol. The molecule has 10 heteroatoms. The molecule has 5 rings (SSSR count). The molecule has 1 saturated heterocycles. The molecule has 4 N–H and O–H groups in total. The topological polar surface area (TPSA) is 107 Å². The number of anilines is 3. The van der Waals surface area contributed by atoms with Gasteiger partial charge in [0.15, 0.2) is 0 Å². The molecule has 0 saturated carbocycles. The molecule has 0 radical (unpaired) electrons. The zero-order valence-electron chi connectivity index (χ0n) is 21.8. The highest BCUT2D eigenvalue weighted by Crippen LogP contribution is 2.27. The summed E-state index contributed by atoms with van der Waals surface area (Å²) in [6.45, 7) is 8.52. The third-order valence-corrected chi connectivity index (χ3v) is 7.13. The number of benzene rings is 1. The van der Waals surface area contributed by atoms with Crippen LogP contribution in [0, 0.1) is 11.2 Å². The first-order valence-electron chi connectivity index (χ1n) is 12.8. The van der Waals surface area contributed by atoms with Gasteiger partial charge in [0.2, 0.25) is 0 Å². The van der Waals surface area contributed by atoms with E-state index in [0.29, 0.717) is 39.3 Å². The number of fused-ring (bicyclic) bond motifs is 1. The van der Waals surface area contributed by atoms with Crippen LogP contribution >= 0.6 is 11.6 Å². The molecule has 1 fully saturated rings. The number of hydrogen-bond acceptors (Lipinski definition) is 8. The van der Waals surface area contributed by atoms with E-state index >= 15 is 0 Å². The zero-order valence-corrected chi connectivity index (χ0v) is 22.6. The van der Waals surface area contributed by atoms with Gasteiger partial charge < -0.3 is 21.4 Å². The lowest BCUT2D eigenvalue weighted by Crippen LogP contribution is -2.48. The molecule has 1 aliphatic rings. The quantitative estimate of drug-likeness (QED) is 0.261. The van der Waals surface area contributed by atoms with Crippen molar-refractivity contribution < 1.29 is 4.39 Å². The zero-order chi connectivity index (χ0) is 27.5. The third kappa shape index (κ3) is 5.84. The van der Waals surface area contributed by atoms with E-state index < -0.39 is 5.82 Å². The van der Waals surface area contributed by atoms with Crippen LogP contribution in [0.25, 0.3) is 22.3 Å². The summed E-state index contributed by atoms with van der Waals surface area (Å²) in [5, 5.41) is 11.6. The summed E-state index contributed by atoms with van der Waals surface area (Å²) in [6.07, 6.45) is 4.66. The number of allylic oxidation sites excluding steroid dienone is 1. The first kappa shape index (κ1) is 26.5. The van der Waals surface area contributed by atoms with Gasteiger partial charge in [0, 0.05) is 54.6 Å². The number of rotatable bonds is 7. The minimum atomic E-state index is -0.526. The highest BCUT2D eigenvalue weighted by atomic mass is 35.5. The van der Waals surface area contributed by atoms with Crippen molar-refractivity contribution in [2.24, 2.45) is 5.73 Å². The average Bonchev–Trinajstić information content (AvgIpc) is 2.95. The Morgan fingerprint density at radius 3 is 2.51 bits per heavy atom. The Labute approximate surface area is 231 Å². The lowest BCUT2D eigenvalue weighted by molar-refractivity contribution is 0.209. The fourth-order valence-electron chi connectivity index (χ4n) is 4.66. The number of nitrogens with zero attached hydrogens (tertiary/aromatic N) is 5. The minimum absolute atomic E-state index is 0.0778. The Morgan fingerprint density at radius 1 is 1.03 bits per heavy atom. The number of hydrogen-bond donors (Lipinski definition) is 3. The van der Waals surface area contributed by atoms with Crippen LogP contribution in [0.2, 0.25) is 5.02 Å². The van der Waals surface area contributed by atoms with E-state index in [1.165, 1.54) is 18.2 Å². The number of aromatic nitrogens is 3. The molecule has 1 aromatic carbocycles. The molecule has 0 aliphatic carbocycles. The monoisotopic (exact) mass is 544 g/mol. The summed E-state index contributed by atoms with van der Waals surface area (Å²) >= 11 is 6.04. The largest absolute Gasteiger partial charge is 0.398 e. The van der Waals surface area contributed by atoms with Crippen molar-refractivity contribution in [3.63, 3.8) is 0 Å². The van der Waals surface area contributed by atoms with Crippen molar-refractivity contribution in [2.45, 2.75) is 19.9 Å². The van der Waals surface area contributed by atoms with Crippen molar-refractivity contribution >= 4 is 57.3 Å². The van der Waals surface area contributed by atoms with Crippen molar-refractivity contribution in [3.05, 3.63) is 83.0 Å². The molecule has 0 bridgehead atoms. The Morgan fingerprint density at radius 2 is 1.82 bits per heavy atom. The summed E-state index contributed by atoms with van der Waals surface area (Å²) < 4.78 is 14.4. The van der Waals surface area contributed by atoms with Crippen LogP contribution < -0.4 is 16.0 Å². The van der Waals surface area contributed by atoms with Crippen molar-refractivity contribution in [2.75, 3.05) is 36.4 Å². The van der Waals surface area contributed by atoms with Gasteiger partial charge in [0.1, 0.15) is 11.6 Å². The van der Waals surface area contributed by atoms with Crippen LogP contribution in [-0.2, 0) is 0 Å². The standard InChI is InChI=1S/C29H30ClFN8/c1-18(2)38-9-11-39(12-10-38)21-4-8-28(35-17-21)36-20-14-27-26(34-16-20)7-6-25(37-27)23(15-32)29(33)22-13-19(30)3-5-24(22)31/h3-8,13-18,32H,9-12,33H2,1-2H3,(H,35,36). The summed E-state index contributed by atoms with van der Waals surface area (Å²) in [5.41, 5.74) is 10.2. The molecular formula is C29H30ClFN8. The van der Waals surface area contributed by atoms with Gasteiger partial charge in [-0.15, -0.1) is 0 Å². The van der Waals surface area contributed by atoms with Gasteiger partial charge in [-0.1, -0.05) is 11.6 Å². The van der Waals surface area contributed by atoms with E-state index in [1.807, 2.05) is 18.3 Å². The van der Waals surface area contributed by atoms with E-state index in [4.69, 9.17) is 22.7 Å². The van der Waals surface area contributed by atoms with E-state index in [0.717, 1.165) is 38.1 Å². The fraction of sp³-hybridized carbons (Fsp3) is 0.241. The Balaban J connectivity index is 1.36. The van der Waals surface area contributed by atoms with E-state index in [1.54, 1.807) is 18.3 Å². The van der Waals surface area contributed by atoms with Crippen LogP contribution in [0.4, 0.5) is 21.6 Å². The van der Waals surface area contributed by atoms with Gasteiger partial charge in [-0.3, -0.25) is 9.88 Å². The highest BCUT2D eigenvalue weighted by Gasteiger charge is 2.19. The maximum absolute atomic E-state index is 14.4. The summed E-state index contributed by atoms with van der Waals surface area (Å²) in [5.74, 6) is 0.166. The minimum Gasteiger partial charge on any atom is -0.398 e. The predicted octanol–water partition coefficient (Wildman–Crippen LogP) is 5.57. The van der Waals surface area contributed by atoms with E-state index in [9.17, 15) is 4.39 Å². The SMILES string of the molecule is CC(C)N1CCN(c2ccc(Nc3cnc4ccc(C(C=N)=C(N)c5cc(Cl)ccc5F)nc4c3)nc2)CC1. The molecule has 0 atom stereocenters. The van der Waals surface area contributed by atoms with E-state index in [-0.39, 0.29) is 16.8 Å². The molecule has 4 heterocycles. The van der Waals surface area contributed by atoms with Crippen molar-refractivity contribution in [3.8, 4) is 0 Å². The second-order valence-electron chi connectivity index (χ2n) is 9.70. The smallest absolute Gasteiger partial charge is 0.132 e. The van der Waals surface area contributed by atoms with Gasteiger partial charge in [0.05, 0.1) is 46.2 Å². The highest BCUT2D eigenvalue weighted by molar-refractivity contribution is 6.31. The Kier molecular flexibility index (Phi) is 7.72. The van der Waals surface area contributed by atoms with Gasteiger partial charge in [-0.2, -0.15) is 0 Å². The van der Waals surface area contributed by atoms with Gasteiger partial charge in [-0.25, -0.2) is 14.4 Å². The maximum atomic E-state index is 14.4. The molecule has 0 unspecified atom stereocenters. The number of pyridine rings is 3. The molecule has 8 nitrogen and oxygen atoms in total. The summed E-state index contributed by atoms with van der Waals surface area (Å²) in [4.78, 5) is 18.6. The molecular weight excluding hydrogens is 515 g/mol. The number of nitrogens with one attached hydrogen (secondary N) is 2. The molecule has 3 aromatic heterocycles. The second kappa shape index (κ2) is 11.3. The number of nitrogens with two attached hydrogens (primary N) is 1. The van der Waals surface area contributed by atoms with Crippen LogP contribution in [0.1, 0.15) is 25.1 Å². The average molecular weight is 545 g/mol. The normalized spacial score (nSPS) is 14.9. The first-order chi connectivity index (χ1) is 18.8. The van der Waals surface area contributed by atoms with Crippen LogP contribution in [0.15, 0.2) is 60.9 Å². The van der Waals surface area contributed by atoms with Gasteiger partial charge in [0.25, 0.3) is 0 Å². The molecule has 39 heavy (non-hydrogen) atoms. The Hall–Kier alpha value is -4.08. The number of piperazine rings is 1. The van der Waals surface area contributed by atoms with Crippen LogP contribution in [-0.4, -0.2) is 58.3 Å². The summed E-state index contributed by atoms with van der Waals surface area (Å²) in [7, 11) is 0. The van der Waals surface area contributed by atoms with Crippen LogP contribution in [0.3, 0.4) is 0 Å². The fourth-order valence-corrected chi connectivity index (χ4v) is 4.83. The molecule has 4 aromatic rings. The summed E-state index contributed by atoms with van der Waals surface area (Å²) in [6, 6.07) is 14.1. The van der Waals surface area contributed by atoms with Crippen LogP contribution in [0.5, 0.6) is 0 Å². The van der Waals surface area contributed by atoms with Crippen molar-refractivity contribution in [1.82, 2.24) is 19.9 Å². The third-order valence-electron chi connectivity index (χ3n) is 6.90. The molecule has 0 amide bonds. The first-order valence-corrected chi connectivity index (χ1v) is 13.1. The van der Waals surface area contributed by atoms with Gasteiger partial charge >= 0.3 is 0 Å². The maximum Gasteiger partial charge on any atom is 0.132 e. The number of halogens is 2. The lowest BCUT2D eigenvalue weighted by Gasteiger charge is -2.38. The molecule has 0 spiro atoms. The molecule has 200 valence electrons. The van der Waals surface area contributed by atoms with Crippen molar-refractivity contribution in [1.29, 1.82) is 5.41 Å². The lowest BCUT2D eigenvalue weighted by atomic mass is 10.0. The Bertz CT molecular complexity index is 1530. The second-order valence-corrected chi connectivity index (χ2v) is 10.1. The van der Waals surface area contributed by atoms with E-state index in [2.05, 4.69) is 50.0 Å². The molecule has 1 aliphatic heterocycles. The van der Waals surface area contributed by atoms with Gasteiger partial charge in [-0.05, 0) is 62.4 Å².